The van der Waals surface area contributed by atoms with Crippen LogP contribution in [0.25, 0.3) is 0 Å². The van der Waals surface area contributed by atoms with E-state index in [9.17, 15) is 9.59 Å². The summed E-state index contributed by atoms with van der Waals surface area (Å²) >= 11 is 0. The van der Waals surface area contributed by atoms with E-state index in [1.165, 1.54) is 32.1 Å². The van der Waals surface area contributed by atoms with Gasteiger partial charge in [0.15, 0.2) is 0 Å². The van der Waals surface area contributed by atoms with Gasteiger partial charge in [-0.3, -0.25) is 9.59 Å². The molecule has 5 nitrogen and oxygen atoms in total. The van der Waals surface area contributed by atoms with Crippen LogP contribution in [-0.2, 0) is 9.59 Å². The molecule has 1 aliphatic heterocycles. The van der Waals surface area contributed by atoms with Crippen molar-refractivity contribution in [2.24, 2.45) is 17.8 Å². The molecule has 1 saturated carbocycles. The van der Waals surface area contributed by atoms with Crippen LogP contribution in [0, 0.1) is 17.8 Å². The van der Waals surface area contributed by atoms with E-state index < -0.39 is 5.97 Å². The summed E-state index contributed by atoms with van der Waals surface area (Å²) in [6, 6.07) is 0. The molecule has 5 heteroatoms. The lowest BCUT2D eigenvalue weighted by Crippen LogP contribution is -2.30. The second kappa shape index (κ2) is 9.06. The standard InChI is InChI=1S/C18H30N2O3/c1-13(12-17(21)20-11-8-18(22)23)14-2-4-15(5-3-14)16-6-9-19-10-7-16/h6,13-15,19H,2-5,7-12H2,1H3,(H,20,21)(H,22,23). The molecule has 1 amide bonds. The lowest BCUT2D eigenvalue weighted by atomic mass is 9.72. The zero-order valence-corrected chi connectivity index (χ0v) is 14.1. The monoisotopic (exact) mass is 322 g/mol. The van der Waals surface area contributed by atoms with E-state index in [1.54, 1.807) is 5.57 Å². The second-order valence-corrected chi connectivity index (χ2v) is 7.02. The number of carboxylic acid groups (broad SMARTS) is 1. The zero-order chi connectivity index (χ0) is 16.7. The first kappa shape index (κ1) is 18.0. The number of rotatable bonds is 7. The van der Waals surface area contributed by atoms with Gasteiger partial charge in [-0.15, -0.1) is 0 Å². The fourth-order valence-corrected chi connectivity index (χ4v) is 3.91. The lowest BCUT2D eigenvalue weighted by Gasteiger charge is -2.34. The summed E-state index contributed by atoms with van der Waals surface area (Å²) in [4.78, 5) is 22.3. The Kier molecular flexibility index (Phi) is 7.09. The van der Waals surface area contributed by atoms with E-state index in [1.807, 2.05) is 0 Å². The van der Waals surface area contributed by atoms with Crippen LogP contribution in [0.15, 0.2) is 11.6 Å². The van der Waals surface area contributed by atoms with Gasteiger partial charge in [0, 0.05) is 19.5 Å². The maximum atomic E-state index is 11.9. The SMILES string of the molecule is CC(CC(=O)NCCC(=O)O)C1CCC(C2=CCNCC2)CC1. The van der Waals surface area contributed by atoms with Gasteiger partial charge in [-0.1, -0.05) is 18.6 Å². The van der Waals surface area contributed by atoms with Gasteiger partial charge in [0.1, 0.15) is 0 Å². The Hall–Kier alpha value is -1.36. The molecule has 130 valence electrons. The highest BCUT2D eigenvalue weighted by Gasteiger charge is 2.28. The van der Waals surface area contributed by atoms with Crippen LogP contribution in [-0.4, -0.2) is 36.6 Å². The Balaban J connectivity index is 1.68. The molecule has 3 N–H and O–H groups in total. The molecule has 0 radical (unpaired) electrons. The second-order valence-electron chi connectivity index (χ2n) is 7.02. The van der Waals surface area contributed by atoms with Gasteiger partial charge in [0.25, 0.3) is 0 Å². The van der Waals surface area contributed by atoms with Gasteiger partial charge < -0.3 is 15.7 Å². The minimum Gasteiger partial charge on any atom is -0.481 e. The first-order chi connectivity index (χ1) is 11.1. The normalized spacial score (nSPS) is 26.2. The molecule has 0 saturated heterocycles. The minimum atomic E-state index is -0.871. The minimum absolute atomic E-state index is 0.00476. The van der Waals surface area contributed by atoms with Crippen molar-refractivity contribution in [2.75, 3.05) is 19.6 Å². The molecule has 23 heavy (non-hydrogen) atoms. The van der Waals surface area contributed by atoms with E-state index in [-0.39, 0.29) is 18.9 Å². The third-order valence-electron chi connectivity index (χ3n) is 5.37. The van der Waals surface area contributed by atoms with Crippen LogP contribution in [0.2, 0.25) is 0 Å². The van der Waals surface area contributed by atoms with E-state index in [2.05, 4.69) is 23.6 Å². The summed E-state index contributed by atoms with van der Waals surface area (Å²) in [5, 5.41) is 14.7. The fraction of sp³-hybridized carbons (Fsp3) is 0.778. The average Bonchev–Trinajstić information content (AvgIpc) is 2.55. The van der Waals surface area contributed by atoms with E-state index in [4.69, 9.17) is 5.11 Å². The molecule has 2 rings (SSSR count). The van der Waals surface area contributed by atoms with E-state index in [0.717, 1.165) is 19.0 Å². The molecule has 1 unspecified atom stereocenters. The summed E-state index contributed by atoms with van der Waals surface area (Å²) in [6.07, 6.45) is 8.99. The topological polar surface area (TPSA) is 78.4 Å². The maximum Gasteiger partial charge on any atom is 0.305 e. The van der Waals surface area contributed by atoms with Gasteiger partial charge in [-0.05, 0) is 56.4 Å². The Bertz CT molecular complexity index is 440. The number of amides is 1. The van der Waals surface area contributed by atoms with Crippen molar-refractivity contribution in [1.29, 1.82) is 0 Å². The summed E-state index contributed by atoms with van der Waals surface area (Å²) in [7, 11) is 0. The fourth-order valence-electron chi connectivity index (χ4n) is 3.91. The smallest absolute Gasteiger partial charge is 0.305 e. The summed E-state index contributed by atoms with van der Waals surface area (Å²) in [5.41, 5.74) is 1.64. The van der Waals surface area contributed by atoms with Crippen LogP contribution >= 0.6 is 0 Å². The van der Waals surface area contributed by atoms with Crippen molar-refractivity contribution in [1.82, 2.24) is 10.6 Å². The third-order valence-corrected chi connectivity index (χ3v) is 5.37. The average molecular weight is 322 g/mol. The molecule has 1 atom stereocenters. The lowest BCUT2D eigenvalue weighted by molar-refractivity contribution is -0.136. The van der Waals surface area contributed by atoms with Crippen LogP contribution in [0.1, 0.15) is 51.9 Å². The number of carbonyl (C=O) groups excluding carboxylic acids is 1. The predicted octanol–water partition coefficient (Wildman–Crippen LogP) is 2.33. The Morgan fingerprint density at radius 2 is 2.09 bits per heavy atom. The summed E-state index contributed by atoms with van der Waals surface area (Å²) in [6.45, 7) is 4.52. The van der Waals surface area contributed by atoms with Crippen LogP contribution < -0.4 is 10.6 Å². The molecule has 1 heterocycles. The van der Waals surface area contributed by atoms with Crippen molar-refractivity contribution >= 4 is 11.9 Å². The zero-order valence-electron chi connectivity index (χ0n) is 14.1. The number of hydrogen-bond donors (Lipinski definition) is 3. The molecule has 0 spiro atoms. The quantitative estimate of drug-likeness (QED) is 0.629. The maximum absolute atomic E-state index is 11.9. The molecule has 1 fully saturated rings. The summed E-state index contributed by atoms with van der Waals surface area (Å²) < 4.78 is 0. The molecule has 0 aromatic rings. The van der Waals surface area contributed by atoms with Crippen molar-refractivity contribution in [2.45, 2.75) is 51.9 Å². The molecular weight excluding hydrogens is 292 g/mol. The van der Waals surface area contributed by atoms with Crippen molar-refractivity contribution in [3.63, 3.8) is 0 Å². The van der Waals surface area contributed by atoms with Gasteiger partial charge in [-0.25, -0.2) is 0 Å². The van der Waals surface area contributed by atoms with Crippen molar-refractivity contribution in [3.8, 4) is 0 Å². The number of aliphatic carboxylic acids is 1. The first-order valence-corrected chi connectivity index (χ1v) is 8.94. The molecule has 2 aliphatic rings. The van der Waals surface area contributed by atoms with Gasteiger partial charge in [0.05, 0.1) is 6.42 Å². The largest absolute Gasteiger partial charge is 0.481 e. The number of carboxylic acids is 1. The molecule has 0 aromatic carbocycles. The van der Waals surface area contributed by atoms with Crippen LogP contribution in [0.4, 0.5) is 0 Å². The Morgan fingerprint density at radius 3 is 2.70 bits per heavy atom. The Morgan fingerprint density at radius 1 is 1.35 bits per heavy atom. The number of carbonyl (C=O) groups is 2. The van der Waals surface area contributed by atoms with Gasteiger partial charge >= 0.3 is 5.97 Å². The Labute approximate surface area is 138 Å². The first-order valence-electron chi connectivity index (χ1n) is 8.94. The van der Waals surface area contributed by atoms with Gasteiger partial charge in [0.2, 0.25) is 5.91 Å². The summed E-state index contributed by atoms with van der Waals surface area (Å²) in [5.74, 6) is 0.873. The molecule has 0 bridgehead atoms. The predicted molar refractivity (Wildman–Crippen MR) is 90.1 cm³/mol. The molecule has 0 aromatic heterocycles. The van der Waals surface area contributed by atoms with E-state index >= 15 is 0 Å². The van der Waals surface area contributed by atoms with Crippen LogP contribution in [0.3, 0.4) is 0 Å². The van der Waals surface area contributed by atoms with Crippen molar-refractivity contribution < 1.29 is 14.7 Å². The number of hydrogen-bond acceptors (Lipinski definition) is 3. The highest BCUT2D eigenvalue weighted by molar-refractivity contribution is 5.77. The number of nitrogens with one attached hydrogen (secondary N) is 2. The highest BCUT2D eigenvalue weighted by Crippen LogP contribution is 2.38. The molecule has 1 aliphatic carbocycles. The van der Waals surface area contributed by atoms with Crippen molar-refractivity contribution in [3.05, 3.63) is 11.6 Å². The highest BCUT2D eigenvalue weighted by atomic mass is 16.4. The molecular formula is C18H30N2O3. The van der Waals surface area contributed by atoms with E-state index in [0.29, 0.717) is 18.3 Å². The van der Waals surface area contributed by atoms with Crippen LogP contribution in [0.5, 0.6) is 0 Å². The third kappa shape index (κ3) is 5.98. The van der Waals surface area contributed by atoms with Gasteiger partial charge in [-0.2, -0.15) is 0 Å².